The quantitative estimate of drug-likeness (QED) is 0.523. The number of nitrogens with two attached hydrogens (primary N) is 1. The Balaban J connectivity index is 3.98. The molecule has 0 aliphatic heterocycles. The molecule has 108 valence electrons. The van der Waals surface area contributed by atoms with Gasteiger partial charge >= 0.3 is 0 Å². The first kappa shape index (κ1) is 18.1. The molecule has 5 heteroatoms. The van der Waals surface area contributed by atoms with Crippen molar-refractivity contribution in [3.8, 4) is 0 Å². The van der Waals surface area contributed by atoms with E-state index in [1.165, 1.54) is 5.57 Å². The fraction of sp³-hybridized carbons (Fsp3) is 0.846. The van der Waals surface area contributed by atoms with Crippen molar-refractivity contribution >= 4 is 16.6 Å². The summed E-state index contributed by atoms with van der Waals surface area (Å²) in [6.07, 6.45) is 4.08. The second-order valence-electron chi connectivity index (χ2n) is 6.52. The lowest BCUT2D eigenvalue weighted by Crippen LogP contribution is -2.27. The van der Waals surface area contributed by atoms with Gasteiger partial charge < -0.3 is 14.6 Å². The molecule has 0 heterocycles. The molecule has 2 N–H and O–H groups in total. The van der Waals surface area contributed by atoms with Gasteiger partial charge in [-0.2, -0.15) is 0 Å². The van der Waals surface area contributed by atoms with Crippen molar-refractivity contribution in [3.05, 3.63) is 11.6 Å². The van der Waals surface area contributed by atoms with Crippen LogP contribution < -0.4 is 5.73 Å². The SMILES string of the molecule is C[Si](C)(C)OCCC(=CCN)CCO[Si](C)(C)C. The summed E-state index contributed by atoms with van der Waals surface area (Å²) >= 11 is 0. The minimum atomic E-state index is -1.39. The molecular weight excluding hydrogens is 258 g/mol. The predicted molar refractivity (Wildman–Crippen MR) is 85.0 cm³/mol. The first-order valence-corrected chi connectivity index (χ1v) is 13.6. The molecule has 0 radical (unpaired) electrons. The van der Waals surface area contributed by atoms with Crippen LogP contribution in [0.15, 0.2) is 11.6 Å². The summed E-state index contributed by atoms with van der Waals surface area (Å²) in [7, 11) is -2.78. The molecule has 0 rings (SSSR count). The van der Waals surface area contributed by atoms with Gasteiger partial charge in [0.25, 0.3) is 0 Å². The molecule has 0 saturated carbocycles. The molecule has 0 aliphatic rings. The summed E-state index contributed by atoms with van der Waals surface area (Å²) in [5, 5.41) is 0. The molecule has 0 saturated heterocycles. The molecule has 3 nitrogen and oxygen atoms in total. The Bertz CT molecular complexity index is 233. The second-order valence-corrected chi connectivity index (χ2v) is 15.5. The monoisotopic (exact) mass is 289 g/mol. The highest BCUT2D eigenvalue weighted by Crippen LogP contribution is 2.12. The maximum atomic E-state index is 5.88. The van der Waals surface area contributed by atoms with Crippen molar-refractivity contribution in [2.75, 3.05) is 19.8 Å². The maximum absolute atomic E-state index is 5.88. The highest BCUT2D eigenvalue weighted by molar-refractivity contribution is 6.70. The fourth-order valence-electron chi connectivity index (χ4n) is 1.47. The number of rotatable bonds is 9. The number of hydrogen-bond donors (Lipinski definition) is 1. The van der Waals surface area contributed by atoms with Gasteiger partial charge in [0.05, 0.1) is 0 Å². The van der Waals surface area contributed by atoms with Crippen molar-refractivity contribution < 1.29 is 8.85 Å². The molecule has 0 aliphatic carbocycles. The Morgan fingerprint density at radius 1 is 0.889 bits per heavy atom. The zero-order valence-electron chi connectivity index (χ0n) is 13.0. The van der Waals surface area contributed by atoms with Crippen LogP contribution in [-0.2, 0) is 8.85 Å². The lowest BCUT2D eigenvalue weighted by atomic mass is 10.1. The minimum absolute atomic E-state index is 0.606. The third-order valence-corrected chi connectivity index (χ3v) is 4.46. The van der Waals surface area contributed by atoms with Crippen LogP contribution in [0.1, 0.15) is 12.8 Å². The van der Waals surface area contributed by atoms with E-state index in [9.17, 15) is 0 Å². The van der Waals surface area contributed by atoms with Crippen molar-refractivity contribution in [2.45, 2.75) is 52.1 Å². The molecule has 0 atom stereocenters. The van der Waals surface area contributed by atoms with Crippen LogP contribution in [0.4, 0.5) is 0 Å². The van der Waals surface area contributed by atoms with Crippen LogP contribution in [0.5, 0.6) is 0 Å². The largest absolute Gasteiger partial charge is 0.417 e. The van der Waals surface area contributed by atoms with E-state index in [-0.39, 0.29) is 0 Å². The highest BCUT2D eigenvalue weighted by atomic mass is 28.4. The molecule has 0 aromatic heterocycles. The highest BCUT2D eigenvalue weighted by Gasteiger charge is 2.15. The Kier molecular flexibility index (Phi) is 8.29. The molecule has 0 aromatic carbocycles. The smallest absolute Gasteiger partial charge is 0.183 e. The summed E-state index contributed by atoms with van der Waals surface area (Å²) in [4.78, 5) is 0. The van der Waals surface area contributed by atoms with Crippen LogP contribution in [0.2, 0.25) is 39.3 Å². The molecular formula is C13H31NO2Si2. The van der Waals surface area contributed by atoms with Crippen molar-refractivity contribution in [1.29, 1.82) is 0 Å². The molecule has 0 unspecified atom stereocenters. The topological polar surface area (TPSA) is 44.5 Å². The summed E-state index contributed by atoms with van der Waals surface area (Å²) in [6, 6.07) is 0. The Morgan fingerprint density at radius 3 is 1.56 bits per heavy atom. The minimum Gasteiger partial charge on any atom is -0.417 e. The van der Waals surface area contributed by atoms with Crippen LogP contribution in [-0.4, -0.2) is 36.4 Å². The zero-order valence-corrected chi connectivity index (χ0v) is 15.0. The van der Waals surface area contributed by atoms with Crippen molar-refractivity contribution in [3.63, 3.8) is 0 Å². The van der Waals surface area contributed by atoms with Crippen LogP contribution in [0.3, 0.4) is 0 Å². The maximum Gasteiger partial charge on any atom is 0.183 e. The Morgan fingerprint density at radius 2 is 1.28 bits per heavy atom. The summed E-state index contributed by atoms with van der Waals surface area (Å²) in [6.45, 7) is 15.5. The van der Waals surface area contributed by atoms with Crippen LogP contribution >= 0.6 is 0 Å². The molecule has 0 bridgehead atoms. The van der Waals surface area contributed by atoms with Gasteiger partial charge in [-0.3, -0.25) is 0 Å². The predicted octanol–water partition coefficient (Wildman–Crippen LogP) is 3.35. The van der Waals surface area contributed by atoms with E-state index >= 15 is 0 Å². The second kappa shape index (κ2) is 8.27. The van der Waals surface area contributed by atoms with E-state index in [4.69, 9.17) is 14.6 Å². The van der Waals surface area contributed by atoms with Crippen LogP contribution in [0, 0.1) is 0 Å². The van der Waals surface area contributed by atoms with E-state index in [0.717, 1.165) is 26.1 Å². The average molecular weight is 290 g/mol. The third-order valence-electron chi connectivity index (χ3n) is 2.32. The standard InChI is InChI=1S/C13H31NO2Si2/c1-17(2,3)15-11-8-13(7-10-14)9-12-16-18(4,5)6/h7H,8-12,14H2,1-6H3. The first-order valence-electron chi connectivity index (χ1n) is 6.80. The van der Waals surface area contributed by atoms with Gasteiger partial charge in [0.15, 0.2) is 16.6 Å². The summed E-state index contributed by atoms with van der Waals surface area (Å²) in [5.74, 6) is 0. The molecule has 0 amide bonds. The number of hydrogen-bond acceptors (Lipinski definition) is 3. The van der Waals surface area contributed by atoms with E-state index in [1.807, 2.05) is 0 Å². The van der Waals surface area contributed by atoms with E-state index < -0.39 is 16.6 Å². The van der Waals surface area contributed by atoms with Crippen LogP contribution in [0.25, 0.3) is 0 Å². The van der Waals surface area contributed by atoms with E-state index in [2.05, 4.69) is 45.4 Å². The molecule has 18 heavy (non-hydrogen) atoms. The molecule has 0 fully saturated rings. The summed E-state index contributed by atoms with van der Waals surface area (Å²) < 4.78 is 11.8. The van der Waals surface area contributed by atoms with E-state index in [0.29, 0.717) is 6.54 Å². The van der Waals surface area contributed by atoms with Crippen molar-refractivity contribution in [2.24, 2.45) is 5.73 Å². The Hall–Kier alpha value is 0.0538. The average Bonchev–Trinajstić information content (AvgIpc) is 2.13. The van der Waals surface area contributed by atoms with Gasteiger partial charge in [0.1, 0.15) is 0 Å². The van der Waals surface area contributed by atoms with Gasteiger partial charge in [-0.15, -0.1) is 0 Å². The van der Waals surface area contributed by atoms with Gasteiger partial charge in [0.2, 0.25) is 0 Å². The van der Waals surface area contributed by atoms with Crippen molar-refractivity contribution in [1.82, 2.24) is 0 Å². The normalized spacial score (nSPS) is 12.6. The fourth-order valence-corrected chi connectivity index (χ4v) is 2.90. The lowest BCUT2D eigenvalue weighted by molar-refractivity contribution is 0.297. The molecule has 0 spiro atoms. The first-order chi connectivity index (χ1) is 8.14. The van der Waals surface area contributed by atoms with Gasteiger partial charge in [-0.25, -0.2) is 0 Å². The van der Waals surface area contributed by atoms with Gasteiger partial charge in [-0.1, -0.05) is 11.6 Å². The third kappa shape index (κ3) is 12.5. The van der Waals surface area contributed by atoms with Gasteiger partial charge in [0, 0.05) is 19.8 Å². The van der Waals surface area contributed by atoms with Gasteiger partial charge in [-0.05, 0) is 52.1 Å². The lowest BCUT2D eigenvalue weighted by Gasteiger charge is -2.20. The summed E-state index contributed by atoms with van der Waals surface area (Å²) in [5.41, 5.74) is 6.97. The van der Waals surface area contributed by atoms with E-state index in [1.54, 1.807) is 0 Å². The Labute approximate surface area is 115 Å². The zero-order chi connectivity index (χ0) is 14.2. The molecule has 0 aromatic rings.